The Morgan fingerprint density at radius 3 is 2.55 bits per heavy atom. The minimum atomic E-state index is -0.0282. The summed E-state index contributed by atoms with van der Waals surface area (Å²) in [5, 5.41) is 5.70. The van der Waals surface area contributed by atoms with Crippen LogP contribution < -0.4 is 15.6 Å². The van der Waals surface area contributed by atoms with E-state index in [9.17, 15) is 9.59 Å². The third kappa shape index (κ3) is 5.41. The number of rotatable bonds is 3. The highest BCUT2D eigenvalue weighted by Crippen LogP contribution is 2.28. The lowest BCUT2D eigenvalue weighted by Crippen LogP contribution is -2.49. The van der Waals surface area contributed by atoms with E-state index in [1.54, 1.807) is 18.0 Å². The summed E-state index contributed by atoms with van der Waals surface area (Å²) in [6.07, 6.45) is 0.714. The second-order valence-corrected chi connectivity index (χ2v) is 7.07. The van der Waals surface area contributed by atoms with Crippen molar-refractivity contribution in [3.05, 3.63) is 64.7 Å². The number of carbonyl (C=O) groups is 2. The lowest BCUT2D eigenvalue weighted by atomic mass is 10.0. The molecule has 7 nitrogen and oxygen atoms in total. The van der Waals surface area contributed by atoms with Crippen molar-refractivity contribution in [3.63, 3.8) is 0 Å². The van der Waals surface area contributed by atoms with Crippen molar-refractivity contribution < 1.29 is 9.59 Å². The average Bonchev–Trinajstić information content (AvgIpc) is 2.87. The molecule has 152 valence electrons. The van der Waals surface area contributed by atoms with E-state index < -0.39 is 0 Å². The molecule has 0 aromatic heterocycles. The van der Waals surface area contributed by atoms with E-state index in [-0.39, 0.29) is 12.5 Å². The summed E-state index contributed by atoms with van der Waals surface area (Å²) >= 11 is 6.11. The zero-order valence-corrected chi connectivity index (χ0v) is 17.0. The third-order valence-corrected chi connectivity index (χ3v) is 4.96. The minimum Gasteiger partial charge on any atom is -0.314 e. The summed E-state index contributed by atoms with van der Waals surface area (Å²) in [5.41, 5.74) is 6.11. The number of nitrogens with one attached hydrogen (secondary N) is 2. The van der Waals surface area contributed by atoms with Gasteiger partial charge in [0.1, 0.15) is 6.54 Å². The Morgan fingerprint density at radius 1 is 1.14 bits per heavy atom. The van der Waals surface area contributed by atoms with E-state index in [4.69, 9.17) is 11.6 Å². The van der Waals surface area contributed by atoms with Gasteiger partial charge in [-0.3, -0.25) is 20.0 Å². The van der Waals surface area contributed by atoms with Gasteiger partial charge in [-0.25, -0.2) is 5.01 Å². The number of hydrazine groups is 1. The van der Waals surface area contributed by atoms with Crippen LogP contribution in [0.2, 0.25) is 5.02 Å². The van der Waals surface area contributed by atoms with Crippen LogP contribution in [0.25, 0.3) is 0 Å². The van der Waals surface area contributed by atoms with E-state index in [0.717, 1.165) is 48.7 Å². The molecule has 29 heavy (non-hydrogen) atoms. The molecule has 4 rings (SSSR count). The first-order valence-corrected chi connectivity index (χ1v) is 9.80. The molecular weight excluding hydrogens is 390 g/mol. The molecule has 0 radical (unpaired) electrons. The Hall–Kier alpha value is -2.74. The van der Waals surface area contributed by atoms with Gasteiger partial charge < -0.3 is 10.2 Å². The third-order valence-electron chi connectivity index (χ3n) is 4.72. The highest BCUT2D eigenvalue weighted by atomic mass is 35.5. The molecule has 0 atom stereocenters. The molecule has 1 fully saturated rings. The highest BCUT2D eigenvalue weighted by molar-refractivity contribution is 6.32. The molecule has 2 amide bonds. The van der Waals surface area contributed by atoms with Crippen LogP contribution >= 0.6 is 11.6 Å². The Labute approximate surface area is 175 Å². The summed E-state index contributed by atoms with van der Waals surface area (Å²) in [6.45, 7) is 3.87. The normalized spacial score (nSPS) is 16.7. The fraction of sp³-hybridized carbons (Fsp3) is 0.286. The topological polar surface area (TPSA) is 77.0 Å². The standard InChI is InChI=1S/C16H13ClN2O.C5H11N3O/c1-19-14-8-7-12(17)9-13(14)16(18-10-15(19)20)11-5-3-2-4-6-11;9-5-7-8-3-1-6-2-4-8/h2-9H,10H2,1H3;5-6H,1-4H2,(H,7,9). The molecule has 0 saturated carbocycles. The predicted octanol–water partition coefficient (Wildman–Crippen LogP) is 1.71. The Balaban J connectivity index is 0.000000224. The summed E-state index contributed by atoms with van der Waals surface area (Å²) in [5.74, 6) is -0.0282. The van der Waals surface area contributed by atoms with Crippen molar-refractivity contribution in [2.24, 2.45) is 4.99 Å². The zero-order valence-electron chi connectivity index (χ0n) is 16.3. The van der Waals surface area contributed by atoms with Crippen molar-refractivity contribution >= 4 is 35.3 Å². The maximum absolute atomic E-state index is 12.0. The largest absolute Gasteiger partial charge is 0.314 e. The number of amides is 2. The Kier molecular flexibility index (Phi) is 7.35. The second-order valence-electron chi connectivity index (χ2n) is 6.63. The average molecular weight is 414 g/mol. The fourth-order valence-corrected chi connectivity index (χ4v) is 3.35. The van der Waals surface area contributed by atoms with Crippen LogP contribution in [0.3, 0.4) is 0 Å². The molecule has 2 N–H and O–H groups in total. The molecule has 1 saturated heterocycles. The van der Waals surface area contributed by atoms with Gasteiger partial charge >= 0.3 is 0 Å². The number of benzodiazepines with no additional fused rings is 1. The van der Waals surface area contributed by atoms with Gasteiger partial charge in [-0.1, -0.05) is 41.9 Å². The van der Waals surface area contributed by atoms with Gasteiger partial charge in [0.2, 0.25) is 12.3 Å². The lowest BCUT2D eigenvalue weighted by Gasteiger charge is -2.25. The number of hydrogen-bond donors (Lipinski definition) is 2. The molecule has 0 aliphatic carbocycles. The molecule has 2 aliphatic rings. The van der Waals surface area contributed by atoms with Gasteiger partial charge in [0.25, 0.3) is 0 Å². The summed E-state index contributed by atoms with van der Waals surface area (Å²) in [7, 11) is 1.76. The maximum Gasteiger partial charge on any atom is 0.248 e. The van der Waals surface area contributed by atoms with Crippen LogP contribution in [0.4, 0.5) is 5.69 Å². The smallest absolute Gasteiger partial charge is 0.248 e. The van der Waals surface area contributed by atoms with Gasteiger partial charge in [-0.05, 0) is 18.2 Å². The number of halogens is 1. The number of fused-ring (bicyclic) bond motifs is 1. The summed E-state index contributed by atoms with van der Waals surface area (Å²) in [6, 6.07) is 15.3. The number of anilines is 1. The molecule has 0 spiro atoms. The predicted molar refractivity (Wildman–Crippen MR) is 115 cm³/mol. The molecule has 2 heterocycles. The Morgan fingerprint density at radius 2 is 1.86 bits per heavy atom. The number of nitrogens with zero attached hydrogens (tertiary/aromatic N) is 3. The van der Waals surface area contributed by atoms with Crippen LogP contribution in [0.15, 0.2) is 53.5 Å². The first kappa shape index (κ1) is 21.0. The van der Waals surface area contributed by atoms with E-state index in [1.807, 2.05) is 47.5 Å². The van der Waals surface area contributed by atoms with Crippen LogP contribution in [-0.2, 0) is 9.59 Å². The number of hydrogen-bond acceptors (Lipinski definition) is 5. The van der Waals surface area contributed by atoms with Gasteiger partial charge in [0.15, 0.2) is 0 Å². The van der Waals surface area contributed by atoms with Gasteiger partial charge in [0.05, 0.1) is 11.4 Å². The highest BCUT2D eigenvalue weighted by Gasteiger charge is 2.22. The van der Waals surface area contributed by atoms with Crippen LogP contribution in [0.1, 0.15) is 11.1 Å². The van der Waals surface area contributed by atoms with Crippen molar-refractivity contribution in [2.45, 2.75) is 0 Å². The van der Waals surface area contributed by atoms with Crippen LogP contribution in [0.5, 0.6) is 0 Å². The zero-order chi connectivity index (χ0) is 20.6. The number of aliphatic imine (C=N–C) groups is 1. The first-order valence-electron chi connectivity index (χ1n) is 9.42. The number of carbonyl (C=O) groups excluding carboxylic acids is 2. The number of piperazine rings is 1. The van der Waals surface area contributed by atoms with Gasteiger partial charge in [-0.2, -0.15) is 0 Å². The van der Waals surface area contributed by atoms with E-state index in [0.29, 0.717) is 11.4 Å². The molecule has 0 unspecified atom stereocenters. The van der Waals surface area contributed by atoms with E-state index in [2.05, 4.69) is 15.7 Å². The van der Waals surface area contributed by atoms with Gasteiger partial charge in [-0.15, -0.1) is 0 Å². The number of benzene rings is 2. The number of likely N-dealkylation sites (N-methyl/N-ethyl adjacent to an activating group) is 1. The van der Waals surface area contributed by atoms with Crippen molar-refractivity contribution in [1.82, 2.24) is 15.8 Å². The van der Waals surface area contributed by atoms with Crippen LogP contribution in [-0.4, -0.2) is 62.8 Å². The minimum absolute atomic E-state index is 0.0282. The monoisotopic (exact) mass is 413 g/mol. The first-order chi connectivity index (χ1) is 14.1. The van der Waals surface area contributed by atoms with Crippen LogP contribution in [0, 0.1) is 0 Å². The quantitative estimate of drug-likeness (QED) is 0.751. The SMILES string of the molecule is CN1C(=O)CN=C(c2ccccc2)c2cc(Cl)ccc21.O=CNN1CCNCC1. The molecule has 2 aromatic rings. The molecule has 2 aromatic carbocycles. The molecule has 2 aliphatic heterocycles. The Bertz CT molecular complexity index is 882. The van der Waals surface area contributed by atoms with Crippen molar-refractivity contribution in [3.8, 4) is 0 Å². The van der Waals surface area contributed by atoms with E-state index >= 15 is 0 Å². The molecule has 8 heteroatoms. The molecule has 0 bridgehead atoms. The summed E-state index contributed by atoms with van der Waals surface area (Å²) < 4.78 is 0. The second kappa shape index (κ2) is 10.2. The summed E-state index contributed by atoms with van der Waals surface area (Å²) in [4.78, 5) is 28.0. The maximum atomic E-state index is 12.0. The fourth-order valence-electron chi connectivity index (χ4n) is 3.17. The van der Waals surface area contributed by atoms with Crippen molar-refractivity contribution in [2.75, 3.05) is 44.7 Å². The van der Waals surface area contributed by atoms with Gasteiger partial charge in [0, 0.05) is 49.4 Å². The lowest BCUT2D eigenvalue weighted by molar-refractivity contribution is -0.117. The van der Waals surface area contributed by atoms with Crippen molar-refractivity contribution in [1.29, 1.82) is 0 Å². The molecular formula is C21H24ClN5O2. The van der Waals surface area contributed by atoms with E-state index in [1.165, 1.54) is 0 Å².